The summed E-state index contributed by atoms with van der Waals surface area (Å²) >= 11 is 0. The lowest BCUT2D eigenvalue weighted by Crippen LogP contribution is -1.77. The van der Waals surface area contributed by atoms with Crippen LogP contribution in [0.2, 0.25) is 0 Å². The number of aromatic hydroxyl groups is 6. The molecule has 15 heavy (non-hydrogen) atoms. The highest BCUT2D eigenvalue weighted by Crippen LogP contribution is 2.52. The van der Waals surface area contributed by atoms with Crippen LogP contribution in [0.25, 0.3) is 10.9 Å². The van der Waals surface area contributed by atoms with E-state index in [9.17, 15) is 15.3 Å². The fourth-order valence-electron chi connectivity index (χ4n) is 1.35. The maximum atomic E-state index is 9.35. The van der Waals surface area contributed by atoms with Crippen LogP contribution in [0.3, 0.4) is 0 Å². The lowest BCUT2D eigenvalue weighted by Gasteiger charge is -2.04. The second-order valence-corrected chi connectivity index (χ2v) is 2.97. The lowest BCUT2D eigenvalue weighted by molar-refractivity contribution is 0.350. The summed E-state index contributed by atoms with van der Waals surface area (Å²) < 4.78 is 0. The van der Waals surface area contributed by atoms with Gasteiger partial charge < -0.3 is 35.6 Å². The second kappa shape index (κ2) is 2.53. The van der Waals surface area contributed by atoms with Gasteiger partial charge in [-0.3, -0.25) is 0 Å². The van der Waals surface area contributed by atoms with E-state index in [1.54, 1.807) is 0 Å². The number of aromatic amines is 1. The Kier molecular flexibility index (Phi) is 1.54. The molecule has 0 spiro atoms. The van der Waals surface area contributed by atoms with Crippen LogP contribution in [0.5, 0.6) is 34.6 Å². The van der Waals surface area contributed by atoms with E-state index in [1.807, 2.05) is 0 Å². The smallest absolute Gasteiger partial charge is 0.233 e. The molecule has 0 aliphatic rings. The van der Waals surface area contributed by atoms with Crippen LogP contribution in [-0.4, -0.2) is 35.6 Å². The van der Waals surface area contributed by atoms with Crippen LogP contribution in [0.4, 0.5) is 0 Å². The fraction of sp³-hybridized carbons (Fsp3) is 0. The number of phenolic OH excluding ortho intramolecular Hbond substituents is 4. The van der Waals surface area contributed by atoms with Crippen molar-refractivity contribution in [3.05, 3.63) is 0 Å². The summed E-state index contributed by atoms with van der Waals surface area (Å²) in [6.07, 6.45) is 0. The third-order valence-electron chi connectivity index (χ3n) is 2.10. The van der Waals surface area contributed by atoms with Crippen LogP contribution in [0, 0.1) is 0 Å². The van der Waals surface area contributed by atoms with Crippen LogP contribution in [0.15, 0.2) is 0 Å². The quantitative estimate of drug-likeness (QED) is 0.250. The van der Waals surface area contributed by atoms with E-state index in [0.717, 1.165) is 0 Å². The molecular formula is C8H7NO6. The van der Waals surface area contributed by atoms with E-state index in [0.29, 0.717) is 0 Å². The Labute approximate surface area is 82.1 Å². The molecule has 0 radical (unpaired) electrons. The zero-order chi connectivity index (χ0) is 11.3. The van der Waals surface area contributed by atoms with Gasteiger partial charge in [-0.15, -0.1) is 0 Å². The molecule has 1 heterocycles. The van der Waals surface area contributed by atoms with Gasteiger partial charge in [0.25, 0.3) is 0 Å². The summed E-state index contributed by atoms with van der Waals surface area (Å²) in [5.74, 6) is -4.96. The molecule has 0 fully saturated rings. The predicted octanol–water partition coefficient (Wildman–Crippen LogP) is 0.401. The first-order valence-corrected chi connectivity index (χ1v) is 3.84. The topological polar surface area (TPSA) is 137 Å². The Morgan fingerprint density at radius 3 is 1.73 bits per heavy atom. The number of nitrogens with one attached hydrogen (secondary N) is 1. The van der Waals surface area contributed by atoms with Gasteiger partial charge in [0.1, 0.15) is 5.52 Å². The Morgan fingerprint density at radius 2 is 1.13 bits per heavy atom. The largest absolute Gasteiger partial charge is 0.504 e. The number of fused-ring (bicyclic) bond motifs is 1. The number of H-pyrrole nitrogens is 1. The van der Waals surface area contributed by atoms with Crippen molar-refractivity contribution >= 4 is 10.9 Å². The molecule has 0 saturated carbocycles. The monoisotopic (exact) mass is 213 g/mol. The lowest BCUT2D eigenvalue weighted by atomic mass is 10.2. The zero-order valence-electron chi connectivity index (χ0n) is 7.18. The summed E-state index contributed by atoms with van der Waals surface area (Å²) in [6, 6.07) is 0. The Hall–Kier alpha value is -2.44. The first-order valence-electron chi connectivity index (χ1n) is 3.84. The van der Waals surface area contributed by atoms with Gasteiger partial charge in [0.05, 0.1) is 5.39 Å². The summed E-state index contributed by atoms with van der Waals surface area (Å²) in [5, 5.41) is 54.9. The molecule has 0 aliphatic carbocycles. The van der Waals surface area contributed by atoms with Crippen LogP contribution in [0.1, 0.15) is 0 Å². The van der Waals surface area contributed by atoms with E-state index in [1.165, 1.54) is 0 Å². The van der Waals surface area contributed by atoms with Gasteiger partial charge in [-0.1, -0.05) is 0 Å². The van der Waals surface area contributed by atoms with E-state index in [-0.39, 0.29) is 10.9 Å². The average molecular weight is 213 g/mol. The molecule has 2 rings (SSSR count). The number of phenols is 4. The molecule has 80 valence electrons. The molecule has 0 aliphatic heterocycles. The van der Waals surface area contributed by atoms with Crippen molar-refractivity contribution in [2.24, 2.45) is 0 Å². The van der Waals surface area contributed by atoms with Crippen molar-refractivity contribution in [2.75, 3.05) is 0 Å². The van der Waals surface area contributed by atoms with Gasteiger partial charge in [0.15, 0.2) is 17.2 Å². The van der Waals surface area contributed by atoms with Crippen molar-refractivity contribution in [2.45, 2.75) is 0 Å². The minimum Gasteiger partial charge on any atom is -0.504 e. The van der Waals surface area contributed by atoms with Gasteiger partial charge in [-0.2, -0.15) is 0 Å². The minimum absolute atomic E-state index is 0.280. The molecule has 0 unspecified atom stereocenters. The maximum absolute atomic E-state index is 9.35. The molecule has 2 aromatic rings. The number of aromatic nitrogens is 1. The first-order chi connectivity index (χ1) is 6.95. The Morgan fingerprint density at radius 1 is 0.600 bits per heavy atom. The molecular weight excluding hydrogens is 206 g/mol. The summed E-state index contributed by atoms with van der Waals surface area (Å²) in [7, 11) is 0. The van der Waals surface area contributed by atoms with Crippen molar-refractivity contribution in [3.63, 3.8) is 0 Å². The summed E-state index contributed by atoms with van der Waals surface area (Å²) in [4.78, 5) is 2.13. The number of benzene rings is 1. The fourth-order valence-corrected chi connectivity index (χ4v) is 1.35. The number of rotatable bonds is 0. The third kappa shape index (κ3) is 0.938. The third-order valence-corrected chi connectivity index (χ3v) is 2.10. The van der Waals surface area contributed by atoms with Crippen molar-refractivity contribution in [1.29, 1.82) is 0 Å². The standard InChI is InChI=1S/C8H7NO6/c10-3-1-2(9-8(15)4(1)11)5(12)7(14)6(3)13/h9-15H. The van der Waals surface area contributed by atoms with Gasteiger partial charge in [-0.05, 0) is 0 Å². The van der Waals surface area contributed by atoms with Gasteiger partial charge in [0.2, 0.25) is 17.4 Å². The van der Waals surface area contributed by atoms with Gasteiger partial charge in [0, 0.05) is 0 Å². The van der Waals surface area contributed by atoms with Crippen molar-refractivity contribution < 1.29 is 30.6 Å². The van der Waals surface area contributed by atoms with Crippen LogP contribution in [-0.2, 0) is 0 Å². The predicted molar refractivity (Wildman–Crippen MR) is 48.3 cm³/mol. The van der Waals surface area contributed by atoms with Gasteiger partial charge in [-0.25, -0.2) is 0 Å². The minimum atomic E-state index is -0.977. The molecule has 0 amide bonds. The Balaban J connectivity index is 3.07. The zero-order valence-corrected chi connectivity index (χ0v) is 7.18. The normalized spacial score (nSPS) is 10.9. The summed E-state index contributed by atoms with van der Waals surface area (Å²) in [5.41, 5.74) is -0.280. The summed E-state index contributed by atoms with van der Waals surface area (Å²) in [6.45, 7) is 0. The molecule has 7 N–H and O–H groups in total. The van der Waals surface area contributed by atoms with Crippen molar-refractivity contribution in [1.82, 2.24) is 4.98 Å². The molecule has 1 aromatic heterocycles. The molecule has 1 aromatic carbocycles. The van der Waals surface area contributed by atoms with Crippen molar-refractivity contribution in [3.8, 4) is 34.6 Å². The van der Waals surface area contributed by atoms with E-state index in [4.69, 9.17) is 15.3 Å². The Bertz CT molecular complexity index is 558. The molecule has 0 saturated heterocycles. The highest BCUT2D eigenvalue weighted by Gasteiger charge is 2.24. The number of hydrogen-bond acceptors (Lipinski definition) is 6. The molecule has 0 atom stereocenters. The molecule has 7 heteroatoms. The molecule has 0 bridgehead atoms. The number of hydrogen-bond donors (Lipinski definition) is 7. The van der Waals surface area contributed by atoms with E-state index < -0.39 is 34.6 Å². The van der Waals surface area contributed by atoms with Crippen LogP contribution < -0.4 is 0 Å². The van der Waals surface area contributed by atoms with E-state index in [2.05, 4.69) is 4.98 Å². The van der Waals surface area contributed by atoms with Gasteiger partial charge >= 0.3 is 0 Å². The van der Waals surface area contributed by atoms with Crippen LogP contribution >= 0.6 is 0 Å². The SMILES string of the molecule is Oc1[nH]c2c(O)c(O)c(O)c(O)c2c1O. The highest BCUT2D eigenvalue weighted by atomic mass is 16.3. The van der Waals surface area contributed by atoms with E-state index >= 15 is 0 Å². The second-order valence-electron chi connectivity index (χ2n) is 2.97. The average Bonchev–Trinajstić information content (AvgIpc) is 2.50. The first kappa shape index (κ1) is 9.13. The maximum Gasteiger partial charge on any atom is 0.233 e. The molecule has 7 nitrogen and oxygen atoms in total. The highest BCUT2D eigenvalue weighted by molar-refractivity contribution is 6.01.